The van der Waals surface area contributed by atoms with Gasteiger partial charge in [-0.05, 0) is 52.4 Å². The number of alkyl halides is 3. The monoisotopic (exact) mass is 414 g/mol. The number of rotatable bonds is 7. The summed E-state index contributed by atoms with van der Waals surface area (Å²) in [5.74, 6) is 0.590. The minimum Gasteiger partial charge on any atom is -0.488 e. The Bertz CT molecular complexity index is 992. The summed E-state index contributed by atoms with van der Waals surface area (Å²) >= 11 is 0. The Morgan fingerprint density at radius 3 is 2.10 bits per heavy atom. The van der Waals surface area contributed by atoms with Gasteiger partial charge in [0.2, 0.25) is 0 Å². The highest BCUT2D eigenvalue weighted by Crippen LogP contribution is 2.29. The van der Waals surface area contributed by atoms with Crippen molar-refractivity contribution in [1.29, 1.82) is 0 Å². The molecular weight excluding hydrogens is 393 g/mol. The normalized spacial score (nSPS) is 11.4. The summed E-state index contributed by atoms with van der Waals surface area (Å²) in [4.78, 5) is 11.5. The standard InChI is InChI=1S/C24H21F3O3/c1-16(2)18-5-3-17(4-6-18)15-29-23-12-9-20(13-21(23)14-28)19-7-10-22(11-8-19)30-24(25,26)27/h3-14,16H,15H2,1-2H3. The van der Waals surface area contributed by atoms with E-state index in [1.54, 1.807) is 18.2 Å². The molecule has 3 rings (SSSR count). The Balaban J connectivity index is 1.72. The molecule has 0 aliphatic rings. The van der Waals surface area contributed by atoms with Gasteiger partial charge in [0.25, 0.3) is 0 Å². The lowest BCUT2D eigenvalue weighted by molar-refractivity contribution is -0.274. The summed E-state index contributed by atoms with van der Waals surface area (Å²) in [6.45, 7) is 4.57. The van der Waals surface area contributed by atoms with Gasteiger partial charge in [0.15, 0.2) is 6.29 Å². The summed E-state index contributed by atoms with van der Waals surface area (Å²) in [5, 5.41) is 0. The molecule has 0 aromatic heterocycles. The highest BCUT2D eigenvalue weighted by molar-refractivity contribution is 5.83. The second-order valence-corrected chi connectivity index (χ2v) is 7.13. The van der Waals surface area contributed by atoms with Gasteiger partial charge in [-0.15, -0.1) is 13.2 Å². The number of ether oxygens (including phenoxy) is 2. The fraction of sp³-hybridized carbons (Fsp3) is 0.208. The molecular formula is C24H21F3O3. The molecule has 0 heterocycles. The van der Waals surface area contributed by atoms with Gasteiger partial charge in [-0.1, -0.05) is 56.3 Å². The van der Waals surface area contributed by atoms with E-state index in [0.717, 1.165) is 5.56 Å². The summed E-state index contributed by atoms with van der Waals surface area (Å²) in [6.07, 6.45) is -4.04. The molecule has 0 aliphatic carbocycles. The predicted molar refractivity (Wildman–Crippen MR) is 109 cm³/mol. The molecule has 3 nitrogen and oxygen atoms in total. The molecule has 0 atom stereocenters. The van der Waals surface area contributed by atoms with Gasteiger partial charge >= 0.3 is 6.36 Å². The first-order chi connectivity index (χ1) is 14.2. The van der Waals surface area contributed by atoms with Crippen molar-refractivity contribution in [1.82, 2.24) is 0 Å². The molecule has 6 heteroatoms. The summed E-state index contributed by atoms with van der Waals surface area (Å²) < 4.78 is 46.5. The van der Waals surface area contributed by atoms with Gasteiger partial charge in [0, 0.05) is 0 Å². The minimum atomic E-state index is -4.74. The van der Waals surface area contributed by atoms with E-state index in [4.69, 9.17) is 4.74 Å². The van der Waals surface area contributed by atoms with Crippen molar-refractivity contribution < 1.29 is 27.4 Å². The molecule has 3 aromatic carbocycles. The Hall–Kier alpha value is -3.28. The summed E-state index contributed by atoms with van der Waals surface area (Å²) in [7, 11) is 0. The van der Waals surface area contributed by atoms with Crippen molar-refractivity contribution >= 4 is 6.29 Å². The third-order valence-corrected chi connectivity index (χ3v) is 4.60. The Morgan fingerprint density at radius 2 is 1.53 bits per heavy atom. The van der Waals surface area contributed by atoms with E-state index in [1.165, 1.54) is 29.8 Å². The van der Waals surface area contributed by atoms with Crippen LogP contribution in [0, 0.1) is 0 Å². The number of carbonyl (C=O) groups excluding carboxylic acids is 1. The quantitative estimate of drug-likeness (QED) is 0.400. The van der Waals surface area contributed by atoms with Crippen LogP contribution in [0.15, 0.2) is 66.7 Å². The van der Waals surface area contributed by atoms with Crippen LogP contribution in [0.25, 0.3) is 11.1 Å². The Morgan fingerprint density at radius 1 is 0.900 bits per heavy atom. The molecule has 3 aromatic rings. The lowest BCUT2D eigenvalue weighted by atomic mass is 10.0. The van der Waals surface area contributed by atoms with Crippen molar-refractivity contribution in [2.45, 2.75) is 32.7 Å². The highest BCUT2D eigenvalue weighted by Gasteiger charge is 2.30. The topological polar surface area (TPSA) is 35.5 Å². The van der Waals surface area contributed by atoms with Gasteiger partial charge in [0.05, 0.1) is 5.56 Å². The van der Waals surface area contributed by atoms with Crippen molar-refractivity contribution in [3.63, 3.8) is 0 Å². The fourth-order valence-corrected chi connectivity index (χ4v) is 2.96. The first-order valence-electron chi connectivity index (χ1n) is 9.42. The van der Waals surface area contributed by atoms with Crippen LogP contribution < -0.4 is 9.47 Å². The van der Waals surface area contributed by atoms with E-state index < -0.39 is 6.36 Å². The van der Waals surface area contributed by atoms with Crippen molar-refractivity contribution in [3.05, 3.63) is 83.4 Å². The van der Waals surface area contributed by atoms with Crippen molar-refractivity contribution in [3.8, 4) is 22.6 Å². The van der Waals surface area contributed by atoms with E-state index in [0.29, 0.717) is 41.3 Å². The molecule has 0 bridgehead atoms. The van der Waals surface area contributed by atoms with Crippen molar-refractivity contribution in [2.24, 2.45) is 0 Å². The van der Waals surface area contributed by atoms with Crippen LogP contribution in [0.5, 0.6) is 11.5 Å². The summed E-state index contributed by atoms with van der Waals surface area (Å²) in [5.41, 5.74) is 3.93. The van der Waals surface area contributed by atoms with Gasteiger partial charge in [-0.25, -0.2) is 0 Å². The zero-order valence-corrected chi connectivity index (χ0v) is 16.6. The SMILES string of the molecule is CC(C)c1ccc(COc2ccc(-c3ccc(OC(F)(F)F)cc3)cc2C=O)cc1. The molecule has 156 valence electrons. The lowest BCUT2D eigenvalue weighted by Crippen LogP contribution is -2.16. The number of halogens is 3. The zero-order chi connectivity index (χ0) is 21.7. The van der Waals surface area contributed by atoms with E-state index in [1.807, 2.05) is 12.1 Å². The number of carbonyl (C=O) groups is 1. The first-order valence-corrected chi connectivity index (χ1v) is 9.42. The molecule has 0 unspecified atom stereocenters. The average molecular weight is 414 g/mol. The number of hydrogen-bond acceptors (Lipinski definition) is 3. The van der Waals surface area contributed by atoms with E-state index >= 15 is 0 Å². The van der Waals surface area contributed by atoms with Crippen LogP contribution in [-0.2, 0) is 6.61 Å². The van der Waals surface area contributed by atoms with E-state index in [-0.39, 0.29) is 5.75 Å². The predicted octanol–water partition coefficient (Wildman–Crippen LogP) is 6.77. The second kappa shape index (κ2) is 9.03. The Labute approximate surface area is 173 Å². The number of hydrogen-bond donors (Lipinski definition) is 0. The van der Waals surface area contributed by atoms with Crippen LogP contribution in [0.1, 0.15) is 41.3 Å². The maximum absolute atomic E-state index is 12.3. The van der Waals surface area contributed by atoms with Crippen LogP contribution in [0.2, 0.25) is 0 Å². The summed E-state index contributed by atoms with van der Waals surface area (Å²) in [6, 6.07) is 18.6. The lowest BCUT2D eigenvalue weighted by Gasteiger charge is -2.12. The van der Waals surface area contributed by atoms with E-state index in [2.05, 4.69) is 30.7 Å². The van der Waals surface area contributed by atoms with Gasteiger partial charge < -0.3 is 9.47 Å². The van der Waals surface area contributed by atoms with Crippen LogP contribution in [0.3, 0.4) is 0 Å². The van der Waals surface area contributed by atoms with Crippen molar-refractivity contribution in [2.75, 3.05) is 0 Å². The molecule has 0 saturated carbocycles. The smallest absolute Gasteiger partial charge is 0.488 e. The number of aldehydes is 1. The third kappa shape index (κ3) is 5.63. The first kappa shape index (κ1) is 21.4. The van der Waals surface area contributed by atoms with Gasteiger partial charge in [-0.3, -0.25) is 4.79 Å². The third-order valence-electron chi connectivity index (χ3n) is 4.60. The largest absolute Gasteiger partial charge is 0.573 e. The average Bonchev–Trinajstić information content (AvgIpc) is 2.72. The zero-order valence-electron chi connectivity index (χ0n) is 16.6. The molecule has 0 aliphatic heterocycles. The molecule has 30 heavy (non-hydrogen) atoms. The van der Waals surface area contributed by atoms with Crippen LogP contribution in [-0.4, -0.2) is 12.6 Å². The highest BCUT2D eigenvalue weighted by atomic mass is 19.4. The minimum absolute atomic E-state index is 0.301. The van der Waals surface area contributed by atoms with Crippen LogP contribution >= 0.6 is 0 Å². The Kier molecular flexibility index (Phi) is 6.45. The molecule has 0 radical (unpaired) electrons. The van der Waals surface area contributed by atoms with Crippen LogP contribution in [0.4, 0.5) is 13.2 Å². The second-order valence-electron chi connectivity index (χ2n) is 7.13. The molecule has 0 saturated heterocycles. The van der Waals surface area contributed by atoms with Gasteiger partial charge in [0.1, 0.15) is 18.1 Å². The van der Waals surface area contributed by atoms with Gasteiger partial charge in [-0.2, -0.15) is 0 Å². The number of benzene rings is 3. The molecule has 0 spiro atoms. The molecule has 0 amide bonds. The molecule has 0 N–H and O–H groups in total. The maximum Gasteiger partial charge on any atom is 0.573 e. The fourth-order valence-electron chi connectivity index (χ4n) is 2.96. The van der Waals surface area contributed by atoms with E-state index in [9.17, 15) is 18.0 Å². The maximum atomic E-state index is 12.3. The molecule has 0 fully saturated rings.